The van der Waals surface area contributed by atoms with Crippen LogP contribution in [0.4, 0.5) is 0 Å². The van der Waals surface area contributed by atoms with E-state index in [1.54, 1.807) is 6.08 Å². The zero-order valence-corrected chi connectivity index (χ0v) is 34.0. The summed E-state index contributed by atoms with van der Waals surface area (Å²) in [5.41, 5.74) is 0. The number of aliphatic hydroxyl groups is 5. The molecule has 53 heavy (non-hydrogen) atoms. The average Bonchev–Trinajstić information content (AvgIpc) is 3.16. The smallest absolute Gasteiger partial charge is 0.220 e. The molecule has 312 valence electrons. The number of amides is 1. The molecule has 1 saturated heterocycles. The van der Waals surface area contributed by atoms with Crippen molar-refractivity contribution in [2.24, 2.45) is 0 Å². The van der Waals surface area contributed by atoms with E-state index in [1.165, 1.54) is 135 Å². The van der Waals surface area contributed by atoms with Crippen molar-refractivity contribution in [3.63, 3.8) is 0 Å². The average molecular weight is 754 g/mol. The van der Waals surface area contributed by atoms with Crippen LogP contribution in [0.1, 0.15) is 194 Å². The highest BCUT2D eigenvalue weighted by Gasteiger charge is 2.44. The summed E-state index contributed by atoms with van der Waals surface area (Å²) in [5.74, 6) is -0.180. The third-order valence-electron chi connectivity index (χ3n) is 10.5. The van der Waals surface area contributed by atoms with Crippen LogP contribution in [-0.2, 0) is 14.3 Å². The van der Waals surface area contributed by atoms with Crippen LogP contribution < -0.4 is 5.32 Å². The van der Waals surface area contributed by atoms with E-state index in [9.17, 15) is 30.3 Å². The maximum Gasteiger partial charge on any atom is 0.220 e. The Hall–Kier alpha value is -1.33. The minimum absolute atomic E-state index is 0.180. The lowest BCUT2D eigenvalue weighted by molar-refractivity contribution is -0.302. The third-order valence-corrected chi connectivity index (χ3v) is 10.5. The Morgan fingerprint density at radius 3 is 1.53 bits per heavy atom. The number of aliphatic hydroxyl groups excluding tert-OH is 5. The van der Waals surface area contributed by atoms with Gasteiger partial charge in [-0.1, -0.05) is 167 Å². The first-order valence-corrected chi connectivity index (χ1v) is 22.1. The highest BCUT2D eigenvalue weighted by molar-refractivity contribution is 5.76. The number of ether oxygens (including phenoxy) is 2. The molecule has 9 heteroatoms. The van der Waals surface area contributed by atoms with Gasteiger partial charge in [0, 0.05) is 6.42 Å². The molecule has 1 fully saturated rings. The van der Waals surface area contributed by atoms with E-state index >= 15 is 0 Å². The Bertz CT molecular complexity index is 883. The number of allylic oxidation sites excluding steroid dienone is 3. The molecule has 0 aliphatic carbocycles. The summed E-state index contributed by atoms with van der Waals surface area (Å²) >= 11 is 0. The Balaban J connectivity index is 2.28. The molecule has 0 saturated carbocycles. The molecule has 1 rings (SSSR count). The van der Waals surface area contributed by atoms with Crippen LogP contribution in [0.5, 0.6) is 0 Å². The predicted octanol–water partition coefficient (Wildman–Crippen LogP) is 8.72. The normalized spacial score (nSPS) is 21.8. The summed E-state index contributed by atoms with van der Waals surface area (Å²) < 4.78 is 11.2. The quantitative estimate of drug-likeness (QED) is 0.0275. The van der Waals surface area contributed by atoms with E-state index < -0.39 is 49.5 Å². The maximum absolute atomic E-state index is 12.9. The summed E-state index contributed by atoms with van der Waals surface area (Å²) in [6, 6.07) is -0.800. The molecule has 1 heterocycles. The molecule has 0 radical (unpaired) electrons. The third kappa shape index (κ3) is 26.2. The summed E-state index contributed by atoms with van der Waals surface area (Å²) in [6.07, 6.45) is 33.7. The van der Waals surface area contributed by atoms with Gasteiger partial charge >= 0.3 is 0 Å². The highest BCUT2D eigenvalue weighted by atomic mass is 16.7. The first kappa shape index (κ1) is 49.7. The lowest BCUT2D eigenvalue weighted by atomic mass is 9.99. The molecule has 1 aliphatic rings. The van der Waals surface area contributed by atoms with E-state index in [4.69, 9.17) is 9.47 Å². The van der Waals surface area contributed by atoms with Crippen molar-refractivity contribution >= 4 is 5.91 Å². The molecule has 1 aliphatic heterocycles. The second-order valence-corrected chi connectivity index (χ2v) is 15.5. The van der Waals surface area contributed by atoms with Crippen molar-refractivity contribution in [1.29, 1.82) is 0 Å². The van der Waals surface area contributed by atoms with Crippen LogP contribution in [-0.4, -0.2) is 87.5 Å². The number of carbonyl (C=O) groups excluding carboxylic acids is 1. The van der Waals surface area contributed by atoms with Crippen LogP contribution >= 0.6 is 0 Å². The van der Waals surface area contributed by atoms with E-state index in [0.29, 0.717) is 6.42 Å². The fourth-order valence-electron chi connectivity index (χ4n) is 6.91. The number of nitrogens with one attached hydrogen (secondary N) is 1. The van der Waals surface area contributed by atoms with Crippen molar-refractivity contribution in [3.05, 3.63) is 24.3 Å². The lowest BCUT2D eigenvalue weighted by Crippen LogP contribution is -2.60. The van der Waals surface area contributed by atoms with Crippen LogP contribution in [0.25, 0.3) is 0 Å². The van der Waals surface area contributed by atoms with E-state index in [1.807, 2.05) is 6.08 Å². The fraction of sp³-hybridized carbons (Fsp3) is 0.886. The van der Waals surface area contributed by atoms with Crippen LogP contribution in [0.3, 0.4) is 0 Å². The first-order valence-electron chi connectivity index (χ1n) is 22.1. The second-order valence-electron chi connectivity index (χ2n) is 15.5. The second kappa shape index (κ2) is 35.1. The maximum atomic E-state index is 12.9. The number of unbranched alkanes of at least 4 members (excludes halogenated alkanes) is 24. The standard InChI is InChI=1S/C44H83NO8/c1-3-5-7-9-11-13-14-15-16-17-18-19-20-21-22-23-24-26-28-30-32-34-40(48)45-37(38(47)33-31-29-27-25-12-10-8-6-4-2)36-52-44-43(51)42(50)41(49)39(35-46)53-44/h15-16,31,33,37-39,41-44,46-47,49-51H,3-14,17-30,32,34-36H2,1-2H3,(H,45,48)/b16-15+,33-31+/t37-,38+,39-,41-,42?,43?,44-/m0/s1. The van der Waals surface area contributed by atoms with Crippen molar-refractivity contribution in [2.75, 3.05) is 13.2 Å². The van der Waals surface area contributed by atoms with Crippen molar-refractivity contribution in [1.82, 2.24) is 5.32 Å². The minimum Gasteiger partial charge on any atom is -0.394 e. The first-order chi connectivity index (χ1) is 25.8. The summed E-state index contributed by atoms with van der Waals surface area (Å²) in [4.78, 5) is 12.9. The van der Waals surface area contributed by atoms with Crippen LogP contribution in [0.2, 0.25) is 0 Å². The monoisotopic (exact) mass is 754 g/mol. The molecule has 9 nitrogen and oxygen atoms in total. The van der Waals surface area contributed by atoms with Gasteiger partial charge in [0.05, 0.1) is 25.4 Å². The summed E-state index contributed by atoms with van der Waals surface area (Å²) in [6.45, 7) is 3.73. The largest absolute Gasteiger partial charge is 0.394 e. The SMILES string of the molecule is CCCCCCCC/C=C/CCCCCCCCCCCCCC(=O)N[C@@H](CO[C@H]1O[C@@H](CO)[C@H](O)C(O)C1O)[C@H](O)/C=C/CCCCCCCCC. The van der Waals surface area contributed by atoms with Crippen molar-refractivity contribution in [2.45, 2.75) is 236 Å². The Morgan fingerprint density at radius 1 is 0.623 bits per heavy atom. The minimum atomic E-state index is -1.56. The lowest BCUT2D eigenvalue weighted by Gasteiger charge is -2.40. The number of carbonyl (C=O) groups is 1. The van der Waals surface area contributed by atoms with Gasteiger partial charge in [-0.2, -0.15) is 0 Å². The zero-order chi connectivity index (χ0) is 38.8. The zero-order valence-electron chi connectivity index (χ0n) is 34.0. The van der Waals surface area contributed by atoms with Gasteiger partial charge < -0.3 is 40.3 Å². The molecule has 2 unspecified atom stereocenters. The molecule has 0 aromatic carbocycles. The van der Waals surface area contributed by atoms with Gasteiger partial charge in [0.1, 0.15) is 24.4 Å². The van der Waals surface area contributed by atoms with Gasteiger partial charge in [0.2, 0.25) is 5.91 Å². The predicted molar refractivity (Wildman–Crippen MR) is 217 cm³/mol. The molecule has 6 N–H and O–H groups in total. The van der Waals surface area contributed by atoms with Gasteiger partial charge in [0.15, 0.2) is 6.29 Å². The van der Waals surface area contributed by atoms with Crippen molar-refractivity contribution < 1.29 is 39.8 Å². The Kier molecular flexibility index (Phi) is 32.9. The fourth-order valence-corrected chi connectivity index (χ4v) is 6.91. The van der Waals surface area contributed by atoms with Crippen LogP contribution in [0.15, 0.2) is 24.3 Å². The molecule has 0 spiro atoms. The molecule has 1 amide bonds. The molecular weight excluding hydrogens is 670 g/mol. The van der Waals surface area contributed by atoms with E-state index in [0.717, 1.165) is 38.5 Å². The number of rotatable bonds is 36. The molecule has 0 aromatic rings. The van der Waals surface area contributed by atoms with Crippen LogP contribution in [0, 0.1) is 0 Å². The summed E-state index contributed by atoms with van der Waals surface area (Å²) in [5, 5.41) is 53.9. The van der Waals surface area contributed by atoms with Crippen molar-refractivity contribution in [3.8, 4) is 0 Å². The number of hydrogen-bond donors (Lipinski definition) is 6. The molecule has 0 aromatic heterocycles. The number of hydrogen-bond acceptors (Lipinski definition) is 8. The van der Waals surface area contributed by atoms with E-state index in [2.05, 4.69) is 31.3 Å². The molecule has 0 bridgehead atoms. The Labute approximate surface area is 324 Å². The topological polar surface area (TPSA) is 149 Å². The summed E-state index contributed by atoms with van der Waals surface area (Å²) in [7, 11) is 0. The molecule has 7 atom stereocenters. The van der Waals surface area contributed by atoms with Gasteiger partial charge in [-0.3, -0.25) is 4.79 Å². The Morgan fingerprint density at radius 2 is 1.06 bits per heavy atom. The highest BCUT2D eigenvalue weighted by Crippen LogP contribution is 2.22. The van der Waals surface area contributed by atoms with Gasteiger partial charge in [-0.05, 0) is 44.9 Å². The molecular formula is C44H83NO8. The van der Waals surface area contributed by atoms with E-state index in [-0.39, 0.29) is 12.5 Å². The van der Waals surface area contributed by atoms with Gasteiger partial charge in [0.25, 0.3) is 0 Å². The van der Waals surface area contributed by atoms with Gasteiger partial charge in [-0.15, -0.1) is 0 Å². The van der Waals surface area contributed by atoms with Gasteiger partial charge in [-0.25, -0.2) is 0 Å².